The standard InChI is InChI=1S/C14H23N3O/c1-4-6-12-7-11(8-13(15)17-12)14(18)16-9-10(3)5-2/h7-8,10H,4-6,9H2,1-3H3,(H2,15,17)(H,16,18). The highest BCUT2D eigenvalue weighted by atomic mass is 16.1. The molecule has 1 unspecified atom stereocenters. The molecule has 3 N–H and O–H groups in total. The maximum absolute atomic E-state index is 12.0. The number of aryl methyl sites for hydroxylation is 1. The maximum atomic E-state index is 12.0. The van der Waals surface area contributed by atoms with Gasteiger partial charge in [0.05, 0.1) is 0 Å². The van der Waals surface area contributed by atoms with Gasteiger partial charge in [0.2, 0.25) is 0 Å². The molecule has 0 aliphatic heterocycles. The van der Waals surface area contributed by atoms with Crippen LogP contribution in [-0.2, 0) is 6.42 Å². The maximum Gasteiger partial charge on any atom is 0.251 e. The predicted octanol–water partition coefficient (Wildman–Crippen LogP) is 2.39. The first-order valence-corrected chi connectivity index (χ1v) is 6.61. The Morgan fingerprint density at radius 2 is 2.17 bits per heavy atom. The summed E-state index contributed by atoms with van der Waals surface area (Å²) in [6.45, 7) is 7.00. The van der Waals surface area contributed by atoms with E-state index in [-0.39, 0.29) is 5.91 Å². The first-order valence-electron chi connectivity index (χ1n) is 6.61. The Hall–Kier alpha value is -1.58. The van der Waals surface area contributed by atoms with Gasteiger partial charge < -0.3 is 11.1 Å². The van der Waals surface area contributed by atoms with E-state index in [1.807, 2.05) is 6.07 Å². The van der Waals surface area contributed by atoms with Crippen LogP contribution < -0.4 is 11.1 Å². The summed E-state index contributed by atoms with van der Waals surface area (Å²) in [5.74, 6) is 0.833. The van der Waals surface area contributed by atoms with Gasteiger partial charge in [0.25, 0.3) is 5.91 Å². The van der Waals surface area contributed by atoms with Crippen molar-refractivity contribution in [3.8, 4) is 0 Å². The van der Waals surface area contributed by atoms with Crippen molar-refractivity contribution in [3.63, 3.8) is 0 Å². The minimum Gasteiger partial charge on any atom is -0.384 e. The second-order valence-corrected chi connectivity index (χ2v) is 4.75. The summed E-state index contributed by atoms with van der Waals surface area (Å²) in [6, 6.07) is 3.46. The molecular formula is C14H23N3O. The van der Waals surface area contributed by atoms with E-state index in [0.717, 1.165) is 25.0 Å². The fourth-order valence-electron chi connectivity index (χ4n) is 1.64. The number of hydrogen-bond donors (Lipinski definition) is 2. The van der Waals surface area contributed by atoms with E-state index in [9.17, 15) is 4.79 Å². The van der Waals surface area contributed by atoms with Crippen molar-refractivity contribution in [2.45, 2.75) is 40.0 Å². The zero-order chi connectivity index (χ0) is 13.5. The molecule has 0 spiro atoms. The number of anilines is 1. The van der Waals surface area contributed by atoms with Crippen LogP contribution in [0.4, 0.5) is 5.82 Å². The van der Waals surface area contributed by atoms with Crippen LogP contribution in [0.25, 0.3) is 0 Å². The molecule has 1 amide bonds. The summed E-state index contributed by atoms with van der Waals surface area (Å²) in [6.07, 6.45) is 2.89. The normalized spacial score (nSPS) is 12.2. The Morgan fingerprint density at radius 1 is 1.44 bits per heavy atom. The van der Waals surface area contributed by atoms with Gasteiger partial charge in [0, 0.05) is 17.8 Å². The summed E-state index contributed by atoms with van der Waals surface area (Å²) >= 11 is 0. The van der Waals surface area contributed by atoms with E-state index in [0.29, 0.717) is 23.8 Å². The van der Waals surface area contributed by atoms with E-state index in [1.54, 1.807) is 6.07 Å². The average molecular weight is 249 g/mol. The molecule has 0 bridgehead atoms. The molecule has 0 aliphatic carbocycles. The zero-order valence-electron chi connectivity index (χ0n) is 11.5. The molecule has 0 saturated heterocycles. The van der Waals surface area contributed by atoms with Crippen LogP contribution in [0.15, 0.2) is 12.1 Å². The van der Waals surface area contributed by atoms with E-state index < -0.39 is 0 Å². The molecule has 0 radical (unpaired) electrons. The molecular weight excluding hydrogens is 226 g/mol. The highest BCUT2D eigenvalue weighted by molar-refractivity contribution is 5.94. The smallest absolute Gasteiger partial charge is 0.251 e. The molecule has 4 heteroatoms. The van der Waals surface area contributed by atoms with E-state index >= 15 is 0 Å². The van der Waals surface area contributed by atoms with Crippen molar-refractivity contribution >= 4 is 11.7 Å². The van der Waals surface area contributed by atoms with Gasteiger partial charge in [-0.25, -0.2) is 4.98 Å². The third-order valence-electron chi connectivity index (χ3n) is 2.97. The van der Waals surface area contributed by atoms with Gasteiger partial charge in [-0.1, -0.05) is 33.6 Å². The van der Waals surface area contributed by atoms with Crippen molar-refractivity contribution in [1.82, 2.24) is 10.3 Å². The second-order valence-electron chi connectivity index (χ2n) is 4.75. The third kappa shape index (κ3) is 4.35. The first kappa shape index (κ1) is 14.5. The lowest BCUT2D eigenvalue weighted by Gasteiger charge is -2.11. The van der Waals surface area contributed by atoms with Gasteiger partial charge in [-0.3, -0.25) is 4.79 Å². The lowest BCUT2D eigenvalue weighted by Crippen LogP contribution is -2.28. The molecule has 0 fully saturated rings. The zero-order valence-corrected chi connectivity index (χ0v) is 11.5. The summed E-state index contributed by atoms with van der Waals surface area (Å²) in [4.78, 5) is 16.2. The Kier molecular flexibility index (Phi) is 5.62. The summed E-state index contributed by atoms with van der Waals surface area (Å²) in [7, 11) is 0. The molecule has 18 heavy (non-hydrogen) atoms. The quantitative estimate of drug-likeness (QED) is 0.813. The predicted molar refractivity (Wildman–Crippen MR) is 74.4 cm³/mol. The van der Waals surface area contributed by atoms with E-state index in [2.05, 4.69) is 31.1 Å². The minimum atomic E-state index is -0.0678. The number of nitrogens with one attached hydrogen (secondary N) is 1. The molecule has 0 saturated carbocycles. The number of carbonyl (C=O) groups excluding carboxylic acids is 1. The second kappa shape index (κ2) is 6.99. The largest absolute Gasteiger partial charge is 0.384 e. The molecule has 1 aromatic rings. The van der Waals surface area contributed by atoms with Crippen LogP contribution in [0.3, 0.4) is 0 Å². The lowest BCUT2D eigenvalue weighted by molar-refractivity contribution is 0.0947. The molecule has 1 atom stereocenters. The number of nitrogens with zero attached hydrogens (tertiary/aromatic N) is 1. The number of carbonyl (C=O) groups is 1. The molecule has 1 rings (SSSR count). The Bertz CT molecular complexity index is 404. The number of rotatable bonds is 6. The molecule has 4 nitrogen and oxygen atoms in total. The van der Waals surface area contributed by atoms with Crippen LogP contribution in [0.5, 0.6) is 0 Å². The van der Waals surface area contributed by atoms with Crippen molar-refractivity contribution < 1.29 is 4.79 Å². The molecule has 0 aliphatic rings. The van der Waals surface area contributed by atoms with Crippen molar-refractivity contribution in [2.24, 2.45) is 5.92 Å². The summed E-state index contributed by atoms with van der Waals surface area (Å²) in [5, 5.41) is 2.92. The molecule has 100 valence electrons. The fraction of sp³-hybridized carbons (Fsp3) is 0.571. The van der Waals surface area contributed by atoms with Gasteiger partial charge in [0.15, 0.2) is 0 Å². The number of nitrogen functional groups attached to an aromatic ring is 1. The van der Waals surface area contributed by atoms with Gasteiger partial charge in [-0.15, -0.1) is 0 Å². The Balaban J connectivity index is 2.72. The third-order valence-corrected chi connectivity index (χ3v) is 2.97. The average Bonchev–Trinajstić information content (AvgIpc) is 2.35. The van der Waals surface area contributed by atoms with Gasteiger partial charge in [-0.2, -0.15) is 0 Å². The van der Waals surface area contributed by atoms with Crippen molar-refractivity contribution in [2.75, 3.05) is 12.3 Å². The van der Waals surface area contributed by atoms with Gasteiger partial charge >= 0.3 is 0 Å². The first-order chi connectivity index (χ1) is 8.56. The number of nitrogens with two attached hydrogens (primary N) is 1. The topological polar surface area (TPSA) is 68.0 Å². The minimum absolute atomic E-state index is 0.0678. The lowest BCUT2D eigenvalue weighted by atomic mass is 10.1. The fourth-order valence-corrected chi connectivity index (χ4v) is 1.64. The monoisotopic (exact) mass is 249 g/mol. The highest BCUT2D eigenvalue weighted by Gasteiger charge is 2.09. The summed E-state index contributed by atoms with van der Waals surface area (Å²) in [5.41, 5.74) is 7.21. The molecule has 0 aromatic carbocycles. The Morgan fingerprint density at radius 3 is 2.78 bits per heavy atom. The number of aromatic nitrogens is 1. The van der Waals surface area contributed by atoms with Crippen LogP contribution in [0.2, 0.25) is 0 Å². The van der Waals surface area contributed by atoms with Crippen molar-refractivity contribution in [3.05, 3.63) is 23.4 Å². The van der Waals surface area contributed by atoms with E-state index in [1.165, 1.54) is 0 Å². The highest BCUT2D eigenvalue weighted by Crippen LogP contribution is 2.10. The summed E-state index contributed by atoms with van der Waals surface area (Å²) < 4.78 is 0. The SMILES string of the molecule is CCCc1cc(C(=O)NCC(C)CC)cc(N)n1. The number of hydrogen-bond acceptors (Lipinski definition) is 3. The molecule has 1 heterocycles. The van der Waals surface area contributed by atoms with Crippen molar-refractivity contribution in [1.29, 1.82) is 0 Å². The van der Waals surface area contributed by atoms with E-state index in [4.69, 9.17) is 5.73 Å². The van der Waals surface area contributed by atoms with Crippen LogP contribution >= 0.6 is 0 Å². The van der Waals surface area contributed by atoms with Crippen LogP contribution in [-0.4, -0.2) is 17.4 Å². The van der Waals surface area contributed by atoms with Crippen LogP contribution in [0, 0.1) is 5.92 Å². The molecule has 1 aromatic heterocycles. The Labute approximate surface area is 109 Å². The number of amides is 1. The number of pyridine rings is 1. The van der Waals surface area contributed by atoms with Crippen LogP contribution in [0.1, 0.15) is 49.7 Å². The van der Waals surface area contributed by atoms with Gasteiger partial charge in [-0.05, 0) is 24.5 Å². The van der Waals surface area contributed by atoms with Gasteiger partial charge in [0.1, 0.15) is 5.82 Å².